The highest BCUT2D eigenvalue weighted by Gasteiger charge is 2.25. The summed E-state index contributed by atoms with van der Waals surface area (Å²) in [7, 11) is 1.33. The van der Waals surface area contributed by atoms with Gasteiger partial charge >= 0.3 is 6.09 Å². The van der Waals surface area contributed by atoms with Crippen molar-refractivity contribution in [3.63, 3.8) is 0 Å². The fourth-order valence-electron chi connectivity index (χ4n) is 3.46. The quantitative estimate of drug-likeness (QED) is 0.617. The largest absolute Gasteiger partial charge is 0.453 e. The average Bonchev–Trinajstić information content (AvgIpc) is 2.81. The summed E-state index contributed by atoms with van der Waals surface area (Å²) in [5.74, 6) is -0.669. The molecule has 32 heavy (non-hydrogen) atoms. The van der Waals surface area contributed by atoms with E-state index in [9.17, 15) is 14.4 Å². The normalized spacial score (nSPS) is 13.8. The van der Waals surface area contributed by atoms with Crippen molar-refractivity contribution >= 4 is 51.9 Å². The van der Waals surface area contributed by atoms with Crippen LogP contribution < -0.4 is 15.8 Å². The molecule has 10 nitrogen and oxygen atoms in total. The summed E-state index contributed by atoms with van der Waals surface area (Å²) in [4.78, 5) is 47.6. The molecule has 0 aliphatic carbocycles. The number of pyridine rings is 3. The van der Waals surface area contributed by atoms with Gasteiger partial charge in [0, 0.05) is 37.9 Å². The molecule has 1 N–H and O–H groups in total. The lowest BCUT2D eigenvalue weighted by atomic mass is 10.2. The van der Waals surface area contributed by atoms with E-state index in [1.807, 2.05) is 5.01 Å². The van der Waals surface area contributed by atoms with Crippen molar-refractivity contribution in [2.75, 3.05) is 43.6 Å². The third-order valence-corrected chi connectivity index (χ3v) is 5.65. The Kier molecular flexibility index (Phi) is 6.15. The number of carbonyl (C=O) groups excluding carboxylic acids is 2. The van der Waals surface area contributed by atoms with Gasteiger partial charge in [-0.1, -0.05) is 23.2 Å². The van der Waals surface area contributed by atoms with Crippen LogP contribution in [0, 0.1) is 0 Å². The van der Waals surface area contributed by atoms with E-state index in [0.29, 0.717) is 31.8 Å². The number of nitrogens with one attached hydrogen (secondary N) is 1. The number of hydrogen-bond acceptors (Lipinski definition) is 7. The van der Waals surface area contributed by atoms with Crippen LogP contribution in [0.4, 0.5) is 10.5 Å². The van der Waals surface area contributed by atoms with Gasteiger partial charge < -0.3 is 20.0 Å². The minimum absolute atomic E-state index is 0.107. The Morgan fingerprint density at radius 2 is 1.81 bits per heavy atom. The van der Waals surface area contributed by atoms with Gasteiger partial charge in [0.1, 0.15) is 5.56 Å². The Bertz CT molecular complexity index is 1240. The van der Waals surface area contributed by atoms with Gasteiger partial charge in [0.25, 0.3) is 5.91 Å². The topological polar surface area (TPSA) is 110 Å². The van der Waals surface area contributed by atoms with Crippen molar-refractivity contribution in [1.82, 2.24) is 19.5 Å². The summed E-state index contributed by atoms with van der Waals surface area (Å²) in [5.41, 5.74) is -0.0148. The fraction of sp³-hybridized carbons (Fsp3) is 0.250. The minimum atomic E-state index is -0.669. The number of amides is 2. The van der Waals surface area contributed by atoms with Crippen LogP contribution in [0.15, 0.2) is 41.7 Å². The summed E-state index contributed by atoms with van der Waals surface area (Å²) in [5, 5.41) is 5.07. The van der Waals surface area contributed by atoms with E-state index >= 15 is 0 Å². The molecule has 3 aromatic rings. The number of hydrogen-bond donors (Lipinski definition) is 1. The van der Waals surface area contributed by atoms with Crippen LogP contribution in [-0.4, -0.2) is 64.8 Å². The molecule has 3 aromatic heterocycles. The maximum absolute atomic E-state index is 13.1. The Labute approximate surface area is 192 Å². The molecule has 0 bridgehead atoms. The van der Waals surface area contributed by atoms with Crippen LogP contribution in [0.5, 0.6) is 0 Å². The number of piperazine rings is 1. The van der Waals surface area contributed by atoms with Gasteiger partial charge in [0.05, 0.1) is 41.3 Å². The molecule has 2 amide bonds. The second-order valence-electron chi connectivity index (χ2n) is 6.93. The number of fused-ring (bicyclic) bond motifs is 1. The van der Waals surface area contributed by atoms with Gasteiger partial charge in [-0.05, 0) is 12.1 Å². The fourth-order valence-corrected chi connectivity index (χ4v) is 3.92. The van der Waals surface area contributed by atoms with E-state index in [1.165, 1.54) is 25.7 Å². The maximum Gasteiger partial charge on any atom is 0.409 e. The smallest absolute Gasteiger partial charge is 0.409 e. The second kappa shape index (κ2) is 9.01. The monoisotopic (exact) mass is 476 g/mol. The van der Waals surface area contributed by atoms with Crippen molar-refractivity contribution in [1.29, 1.82) is 0 Å². The molecule has 0 radical (unpaired) electrons. The van der Waals surface area contributed by atoms with Crippen LogP contribution in [-0.2, 0) is 4.74 Å². The molecule has 4 heterocycles. The lowest BCUT2D eigenvalue weighted by Crippen LogP contribution is -2.53. The molecule has 1 fully saturated rings. The molecule has 1 saturated heterocycles. The zero-order valence-corrected chi connectivity index (χ0v) is 18.4. The van der Waals surface area contributed by atoms with Gasteiger partial charge in [-0.15, -0.1) is 0 Å². The van der Waals surface area contributed by atoms with E-state index < -0.39 is 17.4 Å². The Morgan fingerprint density at radius 1 is 1.12 bits per heavy atom. The van der Waals surface area contributed by atoms with Gasteiger partial charge in [0.15, 0.2) is 5.65 Å². The highest BCUT2D eigenvalue weighted by atomic mass is 35.5. The number of carbonyl (C=O) groups is 2. The first-order chi connectivity index (χ1) is 15.4. The molecular formula is C20H18Cl2N6O4. The lowest BCUT2D eigenvalue weighted by molar-refractivity contribution is 0.102. The third-order valence-electron chi connectivity index (χ3n) is 5.07. The molecule has 1 aliphatic heterocycles. The van der Waals surface area contributed by atoms with Gasteiger partial charge in [-0.2, -0.15) is 0 Å². The number of ether oxygens (including phenoxy) is 1. The SMILES string of the molecule is COC(=O)N1CCN(n2cc(C(=O)Nc3c(Cl)cncc3Cl)c(=O)c3cccnc32)CC1. The molecule has 1 aliphatic rings. The zero-order valence-electron chi connectivity index (χ0n) is 16.9. The first-order valence-electron chi connectivity index (χ1n) is 9.59. The third kappa shape index (κ3) is 4.06. The van der Waals surface area contributed by atoms with Gasteiger partial charge in [-0.3, -0.25) is 14.6 Å². The number of methoxy groups -OCH3 is 1. The van der Waals surface area contributed by atoms with Crippen LogP contribution in [0.1, 0.15) is 10.4 Å². The Hall–Kier alpha value is -3.37. The molecular weight excluding hydrogens is 459 g/mol. The first-order valence-corrected chi connectivity index (χ1v) is 10.3. The molecule has 0 atom stereocenters. The first kappa shape index (κ1) is 21.8. The number of anilines is 1. The van der Waals surface area contributed by atoms with Crippen LogP contribution >= 0.6 is 23.2 Å². The number of aromatic nitrogens is 3. The van der Waals surface area contributed by atoms with Crippen LogP contribution in [0.2, 0.25) is 10.0 Å². The predicted molar refractivity (Wildman–Crippen MR) is 120 cm³/mol. The number of halogens is 2. The summed E-state index contributed by atoms with van der Waals surface area (Å²) in [6, 6.07) is 3.23. The molecule has 0 unspecified atom stereocenters. The number of rotatable bonds is 3. The highest BCUT2D eigenvalue weighted by molar-refractivity contribution is 6.39. The minimum Gasteiger partial charge on any atom is -0.453 e. The standard InChI is InChI=1S/C20H18Cl2N6O4/c1-32-20(31)26-5-7-27(8-6-26)28-11-13(17(29)12-3-2-4-24-18(12)28)19(30)25-16-14(21)9-23-10-15(16)22/h2-4,9-11H,5-8H2,1H3,(H,23,25,30). The molecule has 12 heteroatoms. The molecule has 4 rings (SSSR count). The van der Waals surface area contributed by atoms with Crippen molar-refractivity contribution < 1.29 is 14.3 Å². The maximum atomic E-state index is 13.1. The van der Waals surface area contributed by atoms with Gasteiger partial charge in [0.2, 0.25) is 5.43 Å². The molecule has 0 saturated carbocycles. The van der Waals surface area contributed by atoms with E-state index in [-0.39, 0.29) is 26.7 Å². The summed E-state index contributed by atoms with van der Waals surface area (Å²) < 4.78 is 6.43. The van der Waals surface area contributed by atoms with E-state index in [2.05, 4.69) is 15.3 Å². The zero-order chi connectivity index (χ0) is 22.8. The van der Waals surface area contributed by atoms with Crippen molar-refractivity contribution in [2.45, 2.75) is 0 Å². The molecule has 0 aromatic carbocycles. The van der Waals surface area contributed by atoms with Crippen LogP contribution in [0.3, 0.4) is 0 Å². The Balaban J connectivity index is 1.72. The van der Waals surface area contributed by atoms with E-state index in [1.54, 1.807) is 27.9 Å². The summed E-state index contributed by atoms with van der Waals surface area (Å²) in [6.07, 6.45) is 5.28. The highest BCUT2D eigenvalue weighted by Crippen LogP contribution is 2.29. The second-order valence-corrected chi connectivity index (χ2v) is 7.75. The predicted octanol–water partition coefficient (Wildman–Crippen LogP) is 2.37. The van der Waals surface area contributed by atoms with Gasteiger partial charge in [-0.25, -0.2) is 14.5 Å². The molecule has 0 spiro atoms. The van der Waals surface area contributed by atoms with E-state index in [4.69, 9.17) is 27.9 Å². The average molecular weight is 477 g/mol. The summed E-state index contributed by atoms with van der Waals surface area (Å²) >= 11 is 12.2. The number of nitrogens with zero attached hydrogens (tertiary/aromatic N) is 5. The lowest BCUT2D eigenvalue weighted by Gasteiger charge is -2.36. The van der Waals surface area contributed by atoms with Crippen molar-refractivity contribution in [3.8, 4) is 0 Å². The summed E-state index contributed by atoms with van der Waals surface area (Å²) in [6.45, 7) is 1.73. The Morgan fingerprint density at radius 3 is 2.47 bits per heavy atom. The molecule has 166 valence electrons. The van der Waals surface area contributed by atoms with Crippen molar-refractivity contribution in [2.24, 2.45) is 0 Å². The van der Waals surface area contributed by atoms with E-state index in [0.717, 1.165) is 0 Å². The van der Waals surface area contributed by atoms with Crippen LogP contribution in [0.25, 0.3) is 11.0 Å². The van der Waals surface area contributed by atoms with Crippen molar-refractivity contribution in [3.05, 3.63) is 62.8 Å².